The number of likely N-dealkylation sites (N-methyl/N-ethyl adjacent to an activating group) is 1. The molecule has 1 aliphatic rings. The third-order valence-corrected chi connectivity index (χ3v) is 3.40. The van der Waals surface area contributed by atoms with E-state index in [1.807, 2.05) is 6.92 Å². The molecule has 1 unspecified atom stereocenters. The molecule has 0 saturated carbocycles. The maximum Gasteiger partial charge on any atom is 0.244 e. The van der Waals surface area contributed by atoms with Crippen LogP contribution in [0.3, 0.4) is 0 Å². The largest absolute Gasteiger partial charge is 0.344 e. The lowest BCUT2D eigenvalue weighted by Crippen LogP contribution is -2.48. The number of hydrogen-bond donors (Lipinski definition) is 2. The Labute approximate surface area is 115 Å². The Kier molecular flexibility index (Phi) is 6.80. The van der Waals surface area contributed by atoms with Crippen LogP contribution < -0.4 is 10.6 Å². The van der Waals surface area contributed by atoms with Crippen molar-refractivity contribution < 1.29 is 9.59 Å². The molecule has 0 aromatic carbocycles. The van der Waals surface area contributed by atoms with Gasteiger partial charge < -0.3 is 15.5 Å². The van der Waals surface area contributed by atoms with Gasteiger partial charge in [-0.25, -0.2) is 0 Å². The molecule has 0 bridgehead atoms. The van der Waals surface area contributed by atoms with Crippen molar-refractivity contribution in [1.29, 1.82) is 0 Å². The summed E-state index contributed by atoms with van der Waals surface area (Å²) in [5.74, 6) is -0.124. The van der Waals surface area contributed by atoms with Gasteiger partial charge in [0.25, 0.3) is 0 Å². The van der Waals surface area contributed by atoms with Crippen molar-refractivity contribution >= 4 is 11.8 Å². The topological polar surface area (TPSA) is 64.7 Å². The first-order valence-electron chi connectivity index (χ1n) is 7.02. The van der Waals surface area contributed by atoms with Crippen molar-refractivity contribution in [2.45, 2.75) is 26.3 Å². The van der Waals surface area contributed by atoms with E-state index in [2.05, 4.69) is 15.5 Å². The minimum absolute atomic E-state index is 0.0478. The molecule has 0 spiro atoms. The van der Waals surface area contributed by atoms with Gasteiger partial charge in [-0.15, -0.1) is 0 Å². The molecular formula is C13H26N4O2. The van der Waals surface area contributed by atoms with Gasteiger partial charge in [-0.05, 0) is 33.4 Å². The Morgan fingerprint density at radius 1 is 1.37 bits per heavy atom. The molecule has 6 heteroatoms. The Balaban J connectivity index is 2.35. The van der Waals surface area contributed by atoms with Crippen molar-refractivity contribution in [3.63, 3.8) is 0 Å². The van der Waals surface area contributed by atoms with Crippen LogP contribution in [0.1, 0.15) is 20.3 Å². The first-order chi connectivity index (χ1) is 9.04. The zero-order chi connectivity index (χ0) is 14.3. The highest BCUT2D eigenvalue weighted by molar-refractivity contribution is 5.87. The second-order valence-electron chi connectivity index (χ2n) is 5.02. The summed E-state index contributed by atoms with van der Waals surface area (Å²) in [5, 5.41) is 6.07. The maximum absolute atomic E-state index is 11.9. The van der Waals surface area contributed by atoms with E-state index in [0.29, 0.717) is 13.1 Å². The number of amides is 2. The molecule has 0 radical (unpaired) electrons. The average Bonchev–Trinajstić information content (AvgIpc) is 2.65. The normalized spacial score (nSPS) is 18.5. The van der Waals surface area contributed by atoms with Crippen LogP contribution in [0.15, 0.2) is 0 Å². The number of nitrogens with zero attached hydrogens (tertiary/aromatic N) is 2. The quantitative estimate of drug-likeness (QED) is 0.691. The van der Waals surface area contributed by atoms with E-state index in [-0.39, 0.29) is 11.8 Å². The minimum atomic E-state index is -0.456. The second kappa shape index (κ2) is 8.12. The number of carbonyl (C=O) groups is 2. The molecule has 1 aliphatic heterocycles. The fourth-order valence-corrected chi connectivity index (χ4v) is 2.10. The average molecular weight is 270 g/mol. The van der Waals surface area contributed by atoms with Crippen LogP contribution in [0.5, 0.6) is 0 Å². The highest BCUT2D eigenvalue weighted by atomic mass is 16.2. The Morgan fingerprint density at radius 2 is 2.11 bits per heavy atom. The Morgan fingerprint density at radius 3 is 2.79 bits per heavy atom. The van der Waals surface area contributed by atoms with Gasteiger partial charge in [0.05, 0.1) is 6.54 Å². The molecule has 1 atom stereocenters. The molecule has 110 valence electrons. The van der Waals surface area contributed by atoms with E-state index in [1.165, 1.54) is 0 Å². The predicted octanol–water partition coefficient (Wildman–Crippen LogP) is -0.735. The second-order valence-corrected chi connectivity index (χ2v) is 5.02. The fourth-order valence-electron chi connectivity index (χ4n) is 2.10. The Hall–Kier alpha value is -1.14. The lowest BCUT2D eigenvalue weighted by Gasteiger charge is -2.23. The lowest BCUT2D eigenvalue weighted by atomic mass is 10.3. The van der Waals surface area contributed by atoms with Crippen LogP contribution in [0, 0.1) is 0 Å². The predicted molar refractivity (Wildman–Crippen MR) is 74.8 cm³/mol. The van der Waals surface area contributed by atoms with E-state index < -0.39 is 6.04 Å². The number of hydrogen-bond acceptors (Lipinski definition) is 4. The first kappa shape index (κ1) is 15.9. The molecule has 0 aliphatic carbocycles. The molecule has 2 amide bonds. The number of carbonyl (C=O) groups excluding carboxylic acids is 2. The summed E-state index contributed by atoms with van der Waals surface area (Å²) in [6, 6.07) is -0.456. The van der Waals surface area contributed by atoms with Crippen molar-refractivity contribution in [3.05, 3.63) is 0 Å². The molecule has 0 aromatic rings. The van der Waals surface area contributed by atoms with E-state index in [0.717, 1.165) is 32.6 Å². The third kappa shape index (κ3) is 5.57. The number of nitrogens with one attached hydrogen (secondary N) is 2. The van der Waals surface area contributed by atoms with Crippen molar-refractivity contribution in [2.75, 3.05) is 46.3 Å². The van der Waals surface area contributed by atoms with Crippen LogP contribution in [0.2, 0.25) is 0 Å². The smallest absolute Gasteiger partial charge is 0.244 e. The zero-order valence-electron chi connectivity index (χ0n) is 12.2. The summed E-state index contributed by atoms with van der Waals surface area (Å²) in [4.78, 5) is 27.5. The summed E-state index contributed by atoms with van der Waals surface area (Å²) in [7, 11) is 1.74. The highest BCUT2D eigenvalue weighted by Crippen LogP contribution is 1.96. The van der Waals surface area contributed by atoms with Crippen LogP contribution in [-0.2, 0) is 9.59 Å². The monoisotopic (exact) mass is 270 g/mol. The van der Waals surface area contributed by atoms with Crippen LogP contribution in [0.25, 0.3) is 0 Å². The standard InChI is InChI=1S/C13H26N4O2/c1-4-16(3)13(19)11(2)15-12(18)10-17-8-5-6-14-7-9-17/h11,14H,4-10H2,1-3H3,(H,15,18). The molecular weight excluding hydrogens is 244 g/mol. The van der Waals surface area contributed by atoms with Gasteiger partial charge in [-0.2, -0.15) is 0 Å². The van der Waals surface area contributed by atoms with Crippen molar-refractivity contribution in [2.24, 2.45) is 0 Å². The molecule has 6 nitrogen and oxygen atoms in total. The lowest BCUT2D eigenvalue weighted by molar-refractivity contribution is -0.135. The molecule has 2 N–H and O–H groups in total. The fraction of sp³-hybridized carbons (Fsp3) is 0.846. The van der Waals surface area contributed by atoms with Gasteiger partial charge in [0.2, 0.25) is 11.8 Å². The van der Waals surface area contributed by atoms with E-state index in [1.54, 1.807) is 18.9 Å². The van der Waals surface area contributed by atoms with Crippen LogP contribution >= 0.6 is 0 Å². The van der Waals surface area contributed by atoms with E-state index in [4.69, 9.17) is 0 Å². The summed E-state index contributed by atoms with van der Waals surface area (Å²) in [6.45, 7) is 8.40. The molecule has 1 rings (SSSR count). The number of rotatable bonds is 5. The molecule has 19 heavy (non-hydrogen) atoms. The summed E-state index contributed by atoms with van der Waals surface area (Å²) in [6.07, 6.45) is 1.06. The summed E-state index contributed by atoms with van der Waals surface area (Å²) < 4.78 is 0. The zero-order valence-corrected chi connectivity index (χ0v) is 12.2. The van der Waals surface area contributed by atoms with Gasteiger partial charge in [-0.3, -0.25) is 14.5 Å². The summed E-state index contributed by atoms with van der Waals surface area (Å²) in [5.41, 5.74) is 0. The van der Waals surface area contributed by atoms with Gasteiger partial charge in [0.1, 0.15) is 6.04 Å². The SMILES string of the molecule is CCN(C)C(=O)C(C)NC(=O)CN1CCCNCC1. The van der Waals surface area contributed by atoms with E-state index >= 15 is 0 Å². The van der Waals surface area contributed by atoms with Gasteiger partial charge in [-0.1, -0.05) is 0 Å². The third-order valence-electron chi connectivity index (χ3n) is 3.40. The van der Waals surface area contributed by atoms with Crippen LogP contribution in [0.4, 0.5) is 0 Å². The first-order valence-corrected chi connectivity index (χ1v) is 7.02. The van der Waals surface area contributed by atoms with Crippen molar-refractivity contribution in [1.82, 2.24) is 20.4 Å². The van der Waals surface area contributed by atoms with Gasteiger partial charge in [0.15, 0.2) is 0 Å². The van der Waals surface area contributed by atoms with Gasteiger partial charge in [0, 0.05) is 26.7 Å². The highest BCUT2D eigenvalue weighted by Gasteiger charge is 2.20. The van der Waals surface area contributed by atoms with Gasteiger partial charge >= 0.3 is 0 Å². The summed E-state index contributed by atoms with van der Waals surface area (Å²) >= 11 is 0. The maximum atomic E-state index is 11.9. The van der Waals surface area contributed by atoms with Crippen molar-refractivity contribution in [3.8, 4) is 0 Å². The van der Waals surface area contributed by atoms with E-state index in [9.17, 15) is 9.59 Å². The minimum Gasteiger partial charge on any atom is -0.344 e. The van der Waals surface area contributed by atoms with Crippen LogP contribution in [-0.4, -0.2) is 74.0 Å². The molecule has 1 fully saturated rings. The molecule has 0 aromatic heterocycles. The Bertz CT molecular complexity index is 301. The molecule has 1 saturated heterocycles. The molecule has 1 heterocycles.